The van der Waals surface area contributed by atoms with E-state index in [1.54, 1.807) is 6.92 Å². The quantitative estimate of drug-likeness (QED) is 0.471. The molecule has 16 heavy (non-hydrogen) atoms. The topological polar surface area (TPSA) is 86.5 Å². The van der Waals surface area contributed by atoms with Crippen molar-refractivity contribution < 1.29 is 18.1 Å². The highest BCUT2D eigenvalue weighted by molar-refractivity contribution is 8.13. The van der Waals surface area contributed by atoms with E-state index in [0.717, 1.165) is 12.1 Å². The van der Waals surface area contributed by atoms with Crippen molar-refractivity contribution >= 4 is 25.4 Å². The fourth-order valence-electron chi connectivity index (χ4n) is 1.10. The van der Waals surface area contributed by atoms with Crippen LogP contribution in [0, 0.1) is 10.1 Å². The van der Waals surface area contributed by atoms with Gasteiger partial charge in [-0.15, -0.1) is 0 Å². The number of hydrogen-bond acceptors (Lipinski definition) is 5. The van der Waals surface area contributed by atoms with Gasteiger partial charge in [-0.1, -0.05) is 0 Å². The summed E-state index contributed by atoms with van der Waals surface area (Å²) in [6.07, 6.45) is 0. The Morgan fingerprint density at radius 1 is 1.50 bits per heavy atom. The third kappa shape index (κ3) is 2.83. The highest BCUT2D eigenvalue weighted by Crippen LogP contribution is 2.30. The molecule has 0 radical (unpaired) electrons. The molecular formula is C8H8ClNO5S. The molecule has 0 unspecified atom stereocenters. The molecular weight excluding hydrogens is 258 g/mol. The lowest BCUT2D eigenvalue weighted by atomic mass is 10.3. The summed E-state index contributed by atoms with van der Waals surface area (Å²) in [4.78, 5) is 9.29. The van der Waals surface area contributed by atoms with E-state index in [0.29, 0.717) is 6.61 Å². The normalized spacial score (nSPS) is 11.1. The van der Waals surface area contributed by atoms with Crippen molar-refractivity contribution in [3.05, 3.63) is 28.3 Å². The van der Waals surface area contributed by atoms with Gasteiger partial charge in [0, 0.05) is 10.7 Å². The van der Waals surface area contributed by atoms with Gasteiger partial charge in [-0.3, -0.25) is 10.1 Å². The number of benzene rings is 1. The third-order valence-electron chi connectivity index (χ3n) is 1.70. The van der Waals surface area contributed by atoms with Crippen LogP contribution in [0.4, 0.5) is 5.69 Å². The molecule has 0 aromatic heterocycles. The lowest BCUT2D eigenvalue weighted by Crippen LogP contribution is -2.00. The van der Waals surface area contributed by atoms with Crippen LogP contribution in [0.3, 0.4) is 0 Å². The van der Waals surface area contributed by atoms with Crippen molar-refractivity contribution in [2.45, 2.75) is 11.8 Å². The van der Waals surface area contributed by atoms with E-state index in [1.165, 1.54) is 6.07 Å². The van der Waals surface area contributed by atoms with Crippen molar-refractivity contribution in [2.24, 2.45) is 0 Å². The molecule has 1 aromatic carbocycles. The number of nitrogens with zero attached hydrogens (tertiary/aromatic N) is 1. The average Bonchev–Trinajstić information content (AvgIpc) is 2.16. The Hall–Kier alpha value is -1.34. The van der Waals surface area contributed by atoms with Gasteiger partial charge in [0.25, 0.3) is 14.7 Å². The lowest BCUT2D eigenvalue weighted by molar-refractivity contribution is -0.387. The predicted octanol–water partition coefficient (Wildman–Crippen LogP) is 1.92. The third-order valence-corrected chi connectivity index (χ3v) is 3.07. The van der Waals surface area contributed by atoms with Gasteiger partial charge in [0.15, 0.2) is 4.90 Å². The summed E-state index contributed by atoms with van der Waals surface area (Å²) in [5, 5.41) is 10.7. The largest absolute Gasteiger partial charge is 0.494 e. The number of halogens is 1. The van der Waals surface area contributed by atoms with Crippen molar-refractivity contribution in [3.63, 3.8) is 0 Å². The molecule has 8 heteroatoms. The van der Waals surface area contributed by atoms with Crippen molar-refractivity contribution in [1.82, 2.24) is 0 Å². The maximum atomic E-state index is 11.0. The van der Waals surface area contributed by atoms with Crippen molar-refractivity contribution in [3.8, 4) is 5.75 Å². The Kier molecular flexibility index (Phi) is 3.71. The van der Waals surface area contributed by atoms with Gasteiger partial charge in [-0.05, 0) is 19.1 Å². The van der Waals surface area contributed by atoms with Crippen LogP contribution in [-0.2, 0) is 9.05 Å². The number of rotatable bonds is 4. The van der Waals surface area contributed by atoms with Crippen LogP contribution in [0.5, 0.6) is 5.75 Å². The Morgan fingerprint density at radius 2 is 2.12 bits per heavy atom. The van der Waals surface area contributed by atoms with Gasteiger partial charge in [0.1, 0.15) is 5.75 Å². The van der Waals surface area contributed by atoms with E-state index in [4.69, 9.17) is 15.4 Å². The minimum Gasteiger partial charge on any atom is -0.494 e. The summed E-state index contributed by atoms with van der Waals surface area (Å²) < 4.78 is 27.1. The monoisotopic (exact) mass is 265 g/mol. The molecule has 0 bridgehead atoms. The van der Waals surface area contributed by atoms with Crippen LogP contribution >= 0.6 is 10.7 Å². The zero-order chi connectivity index (χ0) is 12.3. The van der Waals surface area contributed by atoms with Gasteiger partial charge in [-0.2, -0.15) is 0 Å². The summed E-state index contributed by atoms with van der Waals surface area (Å²) in [6, 6.07) is 3.38. The molecule has 0 N–H and O–H groups in total. The van der Waals surface area contributed by atoms with E-state index in [9.17, 15) is 18.5 Å². The minimum atomic E-state index is -4.14. The van der Waals surface area contributed by atoms with E-state index in [2.05, 4.69) is 0 Å². The summed E-state index contributed by atoms with van der Waals surface area (Å²) in [7, 11) is 0.929. The number of nitro benzene ring substituents is 1. The molecule has 0 heterocycles. The first-order chi connectivity index (χ1) is 7.36. The van der Waals surface area contributed by atoms with Crippen LogP contribution in [0.15, 0.2) is 23.1 Å². The number of hydrogen-bond donors (Lipinski definition) is 0. The molecule has 0 saturated carbocycles. The van der Waals surface area contributed by atoms with Gasteiger partial charge < -0.3 is 4.74 Å². The SMILES string of the molecule is CCOc1ccc(S(=O)(=O)Cl)c([N+](=O)[O-])c1. The first-order valence-electron chi connectivity index (χ1n) is 4.22. The molecule has 1 rings (SSSR count). The van der Waals surface area contributed by atoms with E-state index < -0.39 is 24.6 Å². The molecule has 0 aliphatic heterocycles. The smallest absolute Gasteiger partial charge is 0.292 e. The second-order valence-electron chi connectivity index (χ2n) is 2.76. The van der Waals surface area contributed by atoms with E-state index >= 15 is 0 Å². The lowest BCUT2D eigenvalue weighted by Gasteiger charge is -2.04. The van der Waals surface area contributed by atoms with Crippen molar-refractivity contribution in [1.29, 1.82) is 0 Å². The van der Waals surface area contributed by atoms with Gasteiger partial charge in [-0.25, -0.2) is 8.42 Å². The molecule has 0 saturated heterocycles. The first kappa shape index (κ1) is 12.7. The molecule has 0 aliphatic carbocycles. The molecule has 88 valence electrons. The van der Waals surface area contributed by atoms with Crippen LogP contribution < -0.4 is 4.74 Å². The van der Waals surface area contributed by atoms with Gasteiger partial charge in [0.05, 0.1) is 17.6 Å². The first-order valence-corrected chi connectivity index (χ1v) is 6.53. The second kappa shape index (κ2) is 4.67. The Labute approximate surface area is 96.4 Å². The maximum absolute atomic E-state index is 11.0. The van der Waals surface area contributed by atoms with Crippen LogP contribution in [0.25, 0.3) is 0 Å². The zero-order valence-electron chi connectivity index (χ0n) is 8.21. The summed E-state index contributed by atoms with van der Waals surface area (Å²) in [5.74, 6) is 0.221. The Morgan fingerprint density at radius 3 is 2.56 bits per heavy atom. The molecule has 0 spiro atoms. The standard InChI is InChI=1S/C8H8ClNO5S/c1-2-15-6-3-4-8(16(9,13)14)7(5-6)10(11)12/h3-5H,2H2,1H3. The Balaban J connectivity index is 3.37. The molecule has 0 atom stereocenters. The van der Waals surface area contributed by atoms with Crippen molar-refractivity contribution in [2.75, 3.05) is 6.61 Å². The molecule has 0 fully saturated rings. The minimum absolute atomic E-state index is 0.221. The summed E-state index contributed by atoms with van der Waals surface area (Å²) in [5.41, 5.74) is -0.596. The zero-order valence-corrected chi connectivity index (χ0v) is 9.79. The number of ether oxygens (including phenoxy) is 1. The Bertz CT molecular complexity index is 513. The van der Waals surface area contributed by atoms with Crippen LogP contribution in [-0.4, -0.2) is 19.9 Å². The van der Waals surface area contributed by atoms with Crippen LogP contribution in [0.1, 0.15) is 6.92 Å². The van der Waals surface area contributed by atoms with E-state index in [-0.39, 0.29) is 5.75 Å². The summed E-state index contributed by atoms with van der Waals surface area (Å²) in [6.45, 7) is 2.03. The average molecular weight is 266 g/mol. The molecule has 0 amide bonds. The van der Waals surface area contributed by atoms with E-state index in [1.807, 2.05) is 0 Å². The highest BCUT2D eigenvalue weighted by Gasteiger charge is 2.24. The fraction of sp³-hybridized carbons (Fsp3) is 0.250. The van der Waals surface area contributed by atoms with Gasteiger partial charge >= 0.3 is 0 Å². The fourth-order valence-corrected chi connectivity index (χ4v) is 2.11. The molecule has 1 aromatic rings. The maximum Gasteiger partial charge on any atom is 0.292 e. The molecule has 6 nitrogen and oxygen atoms in total. The number of nitro groups is 1. The second-order valence-corrected chi connectivity index (χ2v) is 5.29. The molecule has 0 aliphatic rings. The highest BCUT2D eigenvalue weighted by atomic mass is 35.7. The summed E-state index contributed by atoms with van der Waals surface area (Å²) >= 11 is 0. The van der Waals surface area contributed by atoms with Gasteiger partial charge in [0.2, 0.25) is 0 Å². The predicted molar refractivity (Wildman–Crippen MR) is 57.3 cm³/mol. The van der Waals surface area contributed by atoms with Crippen LogP contribution in [0.2, 0.25) is 0 Å².